The average molecular weight is 279 g/mol. The van der Waals surface area contributed by atoms with Crippen LogP contribution in [0.1, 0.15) is 5.69 Å². The van der Waals surface area contributed by atoms with Gasteiger partial charge in [-0.15, -0.1) is 0 Å². The van der Waals surface area contributed by atoms with Crippen molar-refractivity contribution in [2.75, 3.05) is 11.9 Å². The summed E-state index contributed by atoms with van der Waals surface area (Å²) in [6.07, 6.45) is 1.86. The molecule has 0 spiro atoms. The van der Waals surface area contributed by atoms with Gasteiger partial charge in [-0.2, -0.15) is 5.10 Å². The van der Waals surface area contributed by atoms with Crippen LogP contribution in [-0.2, 0) is 18.4 Å². The second kappa shape index (κ2) is 6.36. The zero-order valence-electron chi connectivity index (χ0n) is 10.6. The highest BCUT2D eigenvalue weighted by Gasteiger charge is 2.03. The van der Waals surface area contributed by atoms with Gasteiger partial charge in [0.2, 0.25) is 5.91 Å². The fraction of sp³-hybridized carbons (Fsp3) is 0.231. The Hall–Kier alpha value is -1.85. The van der Waals surface area contributed by atoms with Crippen molar-refractivity contribution in [3.63, 3.8) is 0 Å². The maximum Gasteiger partial charge on any atom is 0.238 e. The number of nitrogens with zero attached hydrogens (tertiary/aromatic N) is 2. The third-order valence-corrected chi connectivity index (χ3v) is 2.70. The minimum atomic E-state index is -0.113. The van der Waals surface area contributed by atoms with Crippen LogP contribution in [0.15, 0.2) is 36.5 Å². The van der Waals surface area contributed by atoms with Crippen molar-refractivity contribution in [3.05, 3.63) is 47.2 Å². The van der Waals surface area contributed by atoms with Gasteiger partial charge in [0.15, 0.2) is 0 Å². The summed E-state index contributed by atoms with van der Waals surface area (Å²) in [5, 5.41) is 10.6. The van der Waals surface area contributed by atoms with E-state index in [-0.39, 0.29) is 12.5 Å². The molecule has 1 aromatic heterocycles. The van der Waals surface area contributed by atoms with E-state index in [9.17, 15) is 4.79 Å². The van der Waals surface area contributed by atoms with Crippen molar-refractivity contribution in [3.8, 4) is 0 Å². The standard InChI is InChI=1S/C13H15ClN4O/c1-18-6-5-12(17-18)8-15-9-13(19)16-11-4-2-3-10(14)7-11/h2-7,15H,8-9H2,1H3,(H,16,19). The van der Waals surface area contributed by atoms with Crippen molar-refractivity contribution in [2.24, 2.45) is 7.05 Å². The number of aryl methyl sites for hydroxylation is 1. The van der Waals surface area contributed by atoms with Crippen LogP contribution in [0.2, 0.25) is 5.02 Å². The van der Waals surface area contributed by atoms with E-state index in [4.69, 9.17) is 11.6 Å². The van der Waals surface area contributed by atoms with Crippen LogP contribution in [0.25, 0.3) is 0 Å². The number of rotatable bonds is 5. The molecule has 0 atom stereocenters. The van der Waals surface area contributed by atoms with E-state index in [1.807, 2.05) is 19.3 Å². The van der Waals surface area contributed by atoms with Crippen molar-refractivity contribution in [1.29, 1.82) is 0 Å². The van der Waals surface area contributed by atoms with Crippen molar-refractivity contribution in [1.82, 2.24) is 15.1 Å². The van der Waals surface area contributed by atoms with Gasteiger partial charge in [0.25, 0.3) is 0 Å². The molecule has 2 N–H and O–H groups in total. The second-order valence-electron chi connectivity index (χ2n) is 4.14. The number of carbonyl (C=O) groups is 1. The molecule has 6 heteroatoms. The van der Waals surface area contributed by atoms with Crippen LogP contribution in [0, 0.1) is 0 Å². The SMILES string of the molecule is Cn1ccc(CNCC(=O)Nc2cccc(Cl)c2)n1. The molecule has 1 aromatic carbocycles. The Bertz CT molecular complexity index is 567. The number of anilines is 1. The van der Waals surface area contributed by atoms with Gasteiger partial charge in [0.1, 0.15) is 0 Å². The van der Waals surface area contributed by atoms with E-state index in [0.717, 1.165) is 5.69 Å². The van der Waals surface area contributed by atoms with Gasteiger partial charge in [0.05, 0.1) is 12.2 Å². The van der Waals surface area contributed by atoms with Crippen LogP contribution in [0.5, 0.6) is 0 Å². The summed E-state index contributed by atoms with van der Waals surface area (Å²) in [5.74, 6) is -0.113. The lowest BCUT2D eigenvalue weighted by atomic mass is 10.3. The minimum absolute atomic E-state index is 0.113. The van der Waals surface area contributed by atoms with Gasteiger partial charge in [-0.3, -0.25) is 9.48 Å². The molecule has 1 amide bonds. The summed E-state index contributed by atoms with van der Waals surface area (Å²) in [6, 6.07) is 8.96. The topological polar surface area (TPSA) is 59.0 Å². The number of nitrogens with one attached hydrogen (secondary N) is 2. The number of aromatic nitrogens is 2. The summed E-state index contributed by atoms with van der Waals surface area (Å²) < 4.78 is 1.73. The van der Waals surface area contributed by atoms with E-state index in [1.165, 1.54) is 0 Å². The number of benzene rings is 1. The fourth-order valence-electron chi connectivity index (χ4n) is 1.63. The first-order valence-corrected chi connectivity index (χ1v) is 6.26. The van der Waals surface area contributed by atoms with E-state index in [1.54, 1.807) is 28.9 Å². The number of hydrogen-bond donors (Lipinski definition) is 2. The monoisotopic (exact) mass is 278 g/mol. The summed E-state index contributed by atoms with van der Waals surface area (Å²) in [5.41, 5.74) is 1.59. The maximum absolute atomic E-state index is 11.7. The normalized spacial score (nSPS) is 10.4. The average Bonchev–Trinajstić information content (AvgIpc) is 2.75. The fourth-order valence-corrected chi connectivity index (χ4v) is 1.82. The second-order valence-corrected chi connectivity index (χ2v) is 4.58. The first kappa shape index (κ1) is 13.6. The number of hydrogen-bond acceptors (Lipinski definition) is 3. The molecule has 0 bridgehead atoms. The first-order valence-electron chi connectivity index (χ1n) is 5.88. The van der Waals surface area contributed by atoms with Gasteiger partial charge < -0.3 is 10.6 Å². The molecule has 0 aliphatic carbocycles. The Labute approximate surface area is 116 Å². The Morgan fingerprint density at radius 1 is 1.42 bits per heavy atom. The quantitative estimate of drug-likeness (QED) is 0.877. The Morgan fingerprint density at radius 2 is 2.26 bits per heavy atom. The van der Waals surface area contributed by atoms with Gasteiger partial charge >= 0.3 is 0 Å². The number of carbonyl (C=O) groups excluding carboxylic acids is 1. The largest absolute Gasteiger partial charge is 0.325 e. The Balaban J connectivity index is 1.76. The molecule has 0 unspecified atom stereocenters. The molecule has 5 nitrogen and oxygen atoms in total. The molecule has 100 valence electrons. The highest BCUT2D eigenvalue weighted by Crippen LogP contribution is 2.14. The number of amides is 1. The summed E-state index contributed by atoms with van der Waals surface area (Å²) in [6.45, 7) is 0.785. The lowest BCUT2D eigenvalue weighted by Gasteiger charge is -2.06. The highest BCUT2D eigenvalue weighted by atomic mass is 35.5. The molecule has 1 heterocycles. The molecule has 0 fully saturated rings. The van der Waals surface area contributed by atoms with Crippen LogP contribution in [0.4, 0.5) is 5.69 Å². The molecule has 0 aliphatic heterocycles. The molecule has 0 radical (unpaired) electrons. The molecule has 2 aromatic rings. The zero-order chi connectivity index (χ0) is 13.7. The van der Waals surface area contributed by atoms with Crippen LogP contribution in [0.3, 0.4) is 0 Å². The molecule has 0 saturated heterocycles. The molecular formula is C13H15ClN4O. The Morgan fingerprint density at radius 3 is 2.95 bits per heavy atom. The van der Waals surface area contributed by atoms with Gasteiger partial charge in [-0.25, -0.2) is 0 Å². The predicted molar refractivity (Wildman–Crippen MR) is 75.0 cm³/mol. The molecule has 0 saturated carbocycles. The van der Waals surface area contributed by atoms with Gasteiger partial charge in [-0.05, 0) is 24.3 Å². The van der Waals surface area contributed by atoms with E-state index < -0.39 is 0 Å². The van der Waals surface area contributed by atoms with Gasteiger partial charge in [0, 0.05) is 30.5 Å². The van der Waals surface area contributed by atoms with Crippen molar-refractivity contribution < 1.29 is 4.79 Å². The molecule has 19 heavy (non-hydrogen) atoms. The first-order chi connectivity index (χ1) is 9.13. The summed E-state index contributed by atoms with van der Waals surface area (Å²) in [7, 11) is 1.86. The molecular weight excluding hydrogens is 264 g/mol. The van der Waals surface area contributed by atoms with Crippen LogP contribution >= 0.6 is 11.6 Å². The third kappa shape index (κ3) is 4.39. The van der Waals surface area contributed by atoms with E-state index >= 15 is 0 Å². The summed E-state index contributed by atoms with van der Waals surface area (Å²) >= 11 is 5.84. The van der Waals surface area contributed by atoms with E-state index in [2.05, 4.69) is 15.7 Å². The van der Waals surface area contributed by atoms with Crippen molar-refractivity contribution in [2.45, 2.75) is 6.54 Å². The Kier molecular flexibility index (Phi) is 4.54. The number of halogens is 1. The van der Waals surface area contributed by atoms with E-state index in [0.29, 0.717) is 17.3 Å². The zero-order valence-corrected chi connectivity index (χ0v) is 11.3. The summed E-state index contributed by atoms with van der Waals surface area (Å²) in [4.78, 5) is 11.7. The maximum atomic E-state index is 11.7. The third-order valence-electron chi connectivity index (χ3n) is 2.47. The lowest BCUT2D eigenvalue weighted by molar-refractivity contribution is -0.115. The van der Waals surface area contributed by atoms with Crippen LogP contribution in [-0.4, -0.2) is 22.2 Å². The molecule has 2 rings (SSSR count). The molecule has 0 aliphatic rings. The van der Waals surface area contributed by atoms with Crippen molar-refractivity contribution >= 4 is 23.2 Å². The highest BCUT2D eigenvalue weighted by molar-refractivity contribution is 6.30. The smallest absolute Gasteiger partial charge is 0.238 e. The van der Waals surface area contributed by atoms with Crippen LogP contribution < -0.4 is 10.6 Å². The lowest BCUT2D eigenvalue weighted by Crippen LogP contribution is -2.27. The minimum Gasteiger partial charge on any atom is -0.325 e. The van der Waals surface area contributed by atoms with Gasteiger partial charge in [-0.1, -0.05) is 17.7 Å². The predicted octanol–water partition coefficient (Wildman–Crippen LogP) is 1.80.